The molecule has 2 saturated heterocycles. The van der Waals surface area contributed by atoms with Crippen LogP contribution in [0.2, 0.25) is 0 Å². The van der Waals surface area contributed by atoms with Crippen LogP contribution in [0.3, 0.4) is 0 Å². The van der Waals surface area contributed by atoms with Crippen LogP contribution in [0.15, 0.2) is 36.0 Å². The highest BCUT2D eigenvalue weighted by atomic mass is 32.1. The van der Waals surface area contributed by atoms with Crippen molar-refractivity contribution in [3.05, 3.63) is 40.8 Å². The summed E-state index contributed by atoms with van der Waals surface area (Å²) in [5.41, 5.74) is -0.126. The standard InChI is InChI=1S/C17H20N4O2S/c22-15(20-8-14-3-1-6-24-14)7-17-11-21(9-13(17)10-23-12-17)16-18-4-2-5-19-16/h1-6,13H,7-12H2,(H,20,22)/t13-,17+/m0/s1. The smallest absolute Gasteiger partial charge is 0.225 e. The maximum Gasteiger partial charge on any atom is 0.225 e. The predicted molar refractivity (Wildman–Crippen MR) is 91.8 cm³/mol. The number of nitrogens with zero attached hydrogens (tertiary/aromatic N) is 3. The van der Waals surface area contributed by atoms with Gasteiger partial charge in [0.1, 0.15) is 0 Å². The third kappa shape index (κ3) is 3.01. The van der Waals surface area contributed by atoms with E-state index in [0.29, 0.717) is 32.1 Å². The molecule has 0 bridgehead atoms. The van der Waals surface area contributed by atoms with Gasteiger partial charge in [0.15, 0.2) is 0 Å². The lowest BCUT2D eigenvalue weighted by Crippen LogP contribution is -2.37. The molecule has 0 radical (unpaired) electrons. The van der Waals surface area contributed by atoms with Crippen LogP contribution in [0.4, 0.5) is 5.95 Å². The highest BCUT2D eigenvalue weighted by molar-refractivity contribution is 7.09. The lowest BCUT2D eigenvalue weighted by molar-refractivity contribution is -0.123. The summed E-state index contributed by atoms with van der Waals surface area (Å²) < 4.78 is 5.70. The van der Waals surface area contributed by atoms with Crippen molar-refractivity contribution in [1.82, 2.24) is 15.3 Å². The molecule has 0 spiro atoms. The van der Waals surface area contributed by atoms with Crippen molar-refractivity contribution in [2.24, 2.45) is 11.3 Å². The number of ether oxygens (including phenoxy) is 1. The molecular formula is C17H20N4O2S. The Balaban J connectivity index is 1.41. The second kappa shape index (κ2) is 6.49. The minimum absolute atomic E-state index is 0.0923. The van der Waals surface area contributed by atoms with E-state index in [-0.39, 0.29) is 11.3 Å². The largest absolute Gasteiger partial charge is 0.380 e. The van der Waals surface area contributed by atoms with Gasteiger partial charge in [-0.05, 0) is 17.5 Å². The first kappa shape index (κ1) is 15.5. The quantitative estimate of drug-likeness (QED) is 0.894. The Morgan fingerprint density at radius 1 is 1.42 bits per heavy atom. The van der Waals surface area contributed by atoms with Gasteiger partial charge in [0.2, 0.25) is 11.9 Å². The van der Waals surface area contributed by atoms with Crippen molar-refractivity contribution in [3.63, 3.8) is 0 Å². The molecule has 0 aromatic carbocycles. The molecule has 2 atom stereocenters. The molecule has 6 nitrogen and oxygen atoms in total. The molecule has 0 saturated carbocycles. The van der Waals surface area contributed by atoms with Crippen LogP contribution < -0.4 is 10.2 Å². The third-order valence-corrected chi connectivity index (χ3v) is 5.78. The van der Waals surface area contributed by atoms with Gasteiger partial charge in [0.05, 0.1) is 19.8 Å². The van der Waals surface area contributed by atoms with Gasteiger partial charge in [-0.3, -0.25) is 4.79 Å². The van der Waals surface area contributed by atoms with Crippen LogP contribution in [0.5, 0.6) is 0 Å². The van der Waals surface area contributed by atoms with E-state index in [9.17, 15) is 4.79 Å². The molecule has 126 valence electrons. The minimum atomic E-state index is -0.126. The molecule has 1 amide bonds. The molecule has 2 aliphatic heterocycles. The zero-order chi connectivity index (χ0) is 16.4. The maximum atomic E-state index is 12.5. The summed E-state index contributed by atoms with van der Waals surface area (Å²) in [4.78, 5) is 24.5. The van der Waals surface area contributed by atoms with E-state index in [2.05, 4.69) is 20.2 Å². The highest BCUT2D eigenvalue weighted by Crippen LogP contribution is 2.44. The number of aromatic nitrogens is 2. The molecule has 0 aliphatic carbocycles. The summed E-state index contributed by atoms with van der Waals surface area (Å²) in [7, 11) is 0. The summed E-state index contributed by atoms with van der Waals surface area (Å²) in [6, 6.07) is 5.85. The fourth-order valence-corrected chi connectivity index (χ4v) is 4.31. The number of hydrogen-bond acceptors (Lipinski definition) is 6. The van der Waals surface area contributed by atoms with Crippen molar-refractivity contribution in [2.75, 3.05) is 31.2 Å². The van der Waals surface area contributed by atoms with Gasteiger partial charge in [0, 0.05) is 48.1 Å². The summed E-state index contributed by atoms with van der Waals surface area (Å²) in [5, 5.41) is 5.06. The van der Waals surface area contributed by atoms with Gasteiger partial charge < -0.3 is 15.0 Å². The second-order valence-electron chi connectivity index (χ2n) is 6.54. The average Bonchev–Trinajstić information content (AvgIpc) is 3.29. The average molecular weight is 344 g/mol. The van der Waals surface area contributed by atoms with E-state index in [1.165, 1.54) is 4.88 Å². The van der Waals surface area contributed by atoms with E-state index in [0.717, 1.165) is 19.0 Å². The molecule has 4 rings (SSSR count). The van der Waals surface area contributed by atoms with E-state index in [1.54, 1.807) is 23.7 Å². The number of thiophene rings is 1. The van der Waals surface area contributed by atoms with E-state index < -0.39 is 0 Å². The first-order valence-electron chi connectivity index (χ1n) is 8.14. The first-order valence-corrected chi connectivity index (χ1v) is 9.02. The van der Waals surface area contributed by atoms with Crippen LogP contribution in [0, 0.1) is 11.3 Å². The number of hydrogen-bond donors (Lipinski definition) is 1. The van der Waals surface area contributed by atoms with Crippen LogP contribution in [0.1, 0.15) is 11.3 Å². The molecular weight excluding hydrogens is 324 g/mol. The summed E-state index contributed by atoms with van der Waals surface area (Å²) in [5.74, 6) is 1.19. The molecule has 2 aromatic heterocycles. The number of rotatable bonds is 5. The van der Waals surface area contributed by atoms with Crippen molar-refractivity contribution in [1.29, 1.82) is 0 Å². The van der Waals surface area contributed by atoms with Crippen molar-refractivity contribution >= 4 is 23.2 Å². The van der Waals surface area contributed by atoms with Crippen LogP contribution in [0.25, 0.3) is 0 Å². The Kier molecular flexibility index (Phi) is 4.20. The normalized spacial score (nSPS) is 25.7. The topological polar surface area (TPSA) is 67.3 Å². The number of carbonyl (C=O) groups is 1. The van der Waals surface area contributed by atoms with Gasteiger partial charge in [-0.25, -0.2) is 9.97 Å². The molecule has 7 heteroatoms. The van der Waals surface area contributed by atoms with E-state index in [4.69, 9.17) is 4.74 Å². The van der Waals surface area contributed by atoms with Crippen molar-refractivity contribution < 1.29 is 9.53 Å². The Hall–Kier alpha value is -1.99. The van der Waals surface area contributed by atoms with Crippen LogP contribution in [-0.2, 0) is 16.1 Å². The van der Waals surface area contributed by atoms with Gasteiger partial charge in [-0.1, -0.05) is 6.07 Å². The number of fused-ring (bicyclic) bond motifs is 1. The zero-order valence-electron chi connectivity index (χ0n) is 13.4. The Morgan fingerprint density at radius 2 is 2.29 bits per heavy atom. The predicted octanol–water partition coefficient (Wildman–Crippen LogP) is 1.70. The monoisotopic (exact) mass is 344 g/mol. The van der Waals surface area contributed by atoms with Crippen molar-refractivity contribution in [3.8, 4) is 0 Å². The minimum Gasteiger partial charge on any atom is -0.380 e. The molecule has 0 unspecified atom stereocenters. The number of nitrogens with one attached hydrogen (secondary N) is 1. The fraction of sp³-hybridized carbons (Fsp3) is 0.471. The number of amides is 1. The molecule has 2 fully saturated rings. The summed E-state index contributed by atoms with van der Waals surface area (Å²) in [6.45, 7) is 3.56. The van der Waals surface area contributed by atoms with E-state index in [1.807, 2.05) is 23.6 Å². The first-order chi connectivity index (χ1) is 11.8. The molecule has 24 heavy (non-hydrogen) atoms. The van der Waals surface area contributed by atoms with Gasteiger partial charge in [-0.15, -0.1) is 11.3 Å². The van der Waals surface area contributed by atoms with Crippen LogP contribution >= 0.6 is 11.3 Å². The Labute approximate surface area is 144 Å². The molecule has 2 aliphatic rings. The van der Waals surface area contributed by atoms with Gasteiger partial charge >= 0.3 is 0 Å². The lowest BCUT2D eigenvalue weighted by atomic mass is 9.78. The molecule has 2 aromatic rings. The summed E-state index contributed by atoms with van der Waals surface area (Å²) >= 11 is 1.66. The van der Waals surface area contributed by atoms with Gasteiger partial charge in [0.25, 0.3) is 0 Å². The molecule has 1 N–H and O–H groups in total. The summed E-state index contributed by atoms with van der Waals surface area (Å²) in [6.07, 6.45) is 4.01. The van der Waals surface area contributed by atoms with E-state index >= 15 is 0 Å². The van der Waals surface area contributed by atoms with Crippen LogP contribution in [-0.4, -0.2) is 42.2 Å². The maximum absolute atomic E-state index is 12.5. The SMILES string of the molecule is O=C(C[C@@]12COC[C@@H]1CN(c1ncccn1)C2)NCc1cccs1. The third-order valence-electron chi connectivity index (χ3n) is 4.91. The fourth-order valence-electron chi connectivity index (χ4n) is 3.67. The van der Waals surface area contributed by atoms with Gasteiger partial charge in [-0.2, -0.15) is 0 Å². The molecule has 4 heterocycles. The Bertz CT molecular complexity index is 694. The number of carbonyl (C=O) groups excluding carboxylic acids is 1. The Morgan fingerprint density at radius 3 is 3.08 bits per heavy atom. The highest BCUT2D eigenvalue weighted by Gasteiger charge is 2.52. The number of anilines is 1. The zero-order valence-corrected chi connectivity index (χ0v) is 14.2. The van der Waals surface area contributed by atoms with Crippen molar-refractivity contribution in [2.45, 2.75) is 13.0 Å². The lowest BCUT2D eigenvalue weighted by Gasteiger charge is -2.26. The second-order valence-corrected chi connectivity index (χ2v) is 7.57.